The third-order valence-corrected chi connectivity index (χ3v) is 6.46. The molecule has 0 aliphatic rings. The highest BCUT2D eigenvalue weighted by Crippen LogP contribution is 2.28. The van der Waals surface area contributed by atoms with E-state index in [9.17, 15) is 13.2 Å². The number of hydrogen-bond acceptors (Lipinski definition) is 4. The second kappa shape index (κ2) is 8.45. The maximum Gasteiger partial charge on any atom is 0.264 e. The number of nitrogens with zero attached hydrogens (tertiary/aromatic N) is 2. The van der Waals surface area contributed by atoms with Gasteiger partial charge in [-0.2, -0.15) is 0 Å². The van der Waals surface area contributed by atoms with Gasteiger partial charge in [-0.25, -0.2) is 8.42 Å². The van der Waals surface area contributed by atoms with E-state index in [0.717, 1.165) is 21.0 Å². The summed E-state index contributed by atoms with van der Waals surface area (Å²) < 4.78 is 28.0. The topological polar surface area (TPSA) is 79.4 Å². The summed E-state index contributed by atoms with van der Waals surface area (Å²) >= 11 is 0. The number of aryl methyl sites for hydroxylation is 2. The highest BCUT2D eigenvalue weighted by molar-refractivity contribution is 7.92. The third kappa shape index (κ3) is 4.63. The van der Waals surface area contributed by atoms with E-state index >= 15 is 0 Å². The maximum atomic E-state index is 13.4. The van der Waals surface area contributed by atoms with Crippen LogP contribution in [0.15, 0.2) is 71.9 Å². The van der Waals surface area contributed by atoms with Crippen LogP contribution in [0.5, 0.6) is 0 Å². The number of pyridine rings is 1. The molecule has 0 fully saturated rings. The molecule has 7 heteroatoms. The number of carbonyl (C=O) groups is 1. The number of anilines is 2. The predicted octanol–water partition coefficient (Wildman–Crippen LogP) is 3.84. The Bertz CT molecular complexity index is 1110. The van der Waals surface area contributed by atoms with Crippen LogP contribution in [0.1, 0.15) is 16.7 Å². The largest absolute Gasteiger partial charge is 0.323 e. The molecule has 0 atom stereocenters. The van der Waals surface area contributed by atoms with Gasteiger partial charge < -0.3 is 5.32 Å². The molecule has 3 aromatic rings. The normalized spacial score (nSPS) is 11.1. The molecular formula is C22H23N3O3S. The van der Waals surface area contributed by atoms with Crippen molar-refractivity contribution in [1.82, 2.24) is 4.98 Å². The highest BCUT2D eigenvalue weighted by atomic mass is 32.2. The van der Waals surface area contributed by atoms with Crippen molar-refractivity contribution in [1.29, 1.82) is 0 Å². The SMILES string of the molecule is Cc1ccc(S(=O)(=O)N(CC(=O)Nc2cccnc2)c2cccc(C)c2C)cc1. The Hall–Kier alpha value is -3.19. The van der Waals surface area contributed by atoms with Crippen molar-refractivity contribution in [3.05, 3.63) is 83.7 Å². The quantitative estimate of drug-likeness (QED) is 0.671. The van der Waals surface area contributed by atoms with Crippen LogP contribution in [0.3, 0.4) is 0 Å². The number of sulfonamides is 1. The van der Waals surface area contributed by atoms with Crippen molar-refractivity contribution in [2.24, 2.45) is 0 Å². The summed E-state index contributed by atoms with van der Waals surface area (Å²) in [6.45, 7) is 5.29. The first-order valence-corrected chi connectivity index (χ1v) is 10.6. The van der Waals surface area contributed by atoms with Gasteiger partial charge in [0, 0.05) is 6.20 Å². The van der Waals surface area contributed by atoms with Crippen LogP contribution in [0.2, 0.25) is 0 Å². The molecule has 3 rings (SSSR count). The molecule has 0 radical (unpaired) electrons. The number of nitrogens with one attached hydrogen (secondary N) is 1. The van der Waals surface area contributed by atoms with Gasteiger partial charge in [0.25, 0.3) is 10.0 Å². The molecule has 1 heterocycles. The monoisotopic (exact) mass is 409 g/mol. The Labute approximate surface area is 171 Å². The van der Waals surface area contributed by atoms with Gasteiger partial charge in [-0.05, 0) is 62.2 Å². The van der Waals surface area contributed by atoms with E-state index in [1.165, 1.54) is 6.20 Å². The van der Waals surface area contributed by atoms with Crippen LogP contribution < -0.4 is 9.62 Å². The van der Waals surface area contributed by atoms with Gasteiger partial charge in [-0.1, -0.05) is 29.8 Å². The van der Waals surface area contributed by atoms with Crippen molar-refractivity contribution in [3.8, 4) is 0 Å². The van der Waals surface area contributed by atoms with Crippen LogP contribution in [0.4, 0.5) is 11.4 Å². The van der Waals surface area contributed by atoms with Crippen molar-refractivity contribution in [2.45, 2.75) is 25.7 Å². The lowest BCUT2D eigenvalue weighted by atomic mass is 10.1. The van der Waals surface area contributed by atoms with Crippen LogP contribution in [-0.2, 0) is 14.8 Å². The minimum atomic E-state index is -3.94. The standard InChI is InChI=1S/C22H23N3O3S/c1-16-9-11-20(12-10-16)29(27,28)25(21-8-4-6-17(2)18(21)3)15-22(26)24-19-7-5-13-23-14-19/h4-14H,15H2,1-3H3,(H,24,26). The first kappa shape index (κ1) is 20.5. The summed E-state index contributed by atoms with van der Waals surface area (Å²) in [5, 5.41) is 2.70. The first-order valence-electron chi connectivity index (χ1n) is 9.14. The Morgan fingerprint density at radius 3 is 2.38 bits per heavy atom. The summed E-state index contributed by atoms with van der Waals surface area (Å²) in [5.41, 5.74) is 3.69. The van der Waals surface area contributed by atoms with Crippen LogP contribution in [-0.4, -0.2) is 25.9 Å². The first-order chi connectivity index (χ1) is 13.8. The summed E-state index contributed by atoms with van der Waals surface area (Å²) in [6.07, 6.45) is 3.11. The lowest BCUT2D eigenvalue weighted by Gasteiger charge is -2.26. The number of amides is 1. The minimum Gasteiger partial charge on any atom is -0.323 e. The summed E-state index contributed by atoms with van der Waals surface area (Å²) in [6, 6.07) is 15.4. The van der Waals surface area contributed by atoms with E-state index in [-0.39, 0.29) is 11.4 Å². The second-order valence-electron chi connectivity index (χ2n) is 6.83. The van der Waals surface area contributed by atoms with Gasteiger partial charge in [0.05, 0.1) is 22.5 Å². The molecule has 0 saturated carbocycles. The van der Waals surface area contributed by atoms with Gasteiger partial charge in [0.2, 0.25) is 5.91 Å². The average molecular weight is 410 g/mol. The molecule has 29 heavy (non-hydrogen) atoms. The molecule has 0 aliphatic carbocycles. The van der Waals surface area contributed by atoms with Gasteiger partial charge in [-0.3, -0.25) is 14.1 Å². The average Bonchev–Trinajstić information content (AvgIpc) is 2.69. The van der Waals surface area contributed by atoms with Crippen molar-refractivity contribution >= 4 is 27.3 Å². The summed E-state index contributed by atoms with van der Waals surface area (Å²) in [7, 11) is -3.94. The van der Waals surface area contributed by atoms with Gasteiger partial charge >= 0.3 is 0 Å². The molecular weight excluding hydrogens is 386 g/mol. The zero-order valence-corrected chi connectivity index (χ0v) is 17.4. The fourth-order valence-electron chi connectivity index (χ4n) is 2.91. The van der Waals surface area contributed by atoms with E-state index in [2.05, 4.69) is 10.3 Å². The molecule has 150 valence electrons. The second-order valence-corrected chi connectivity index (χ2v) is 8.70. The Morgan fingerprint density at radius 2 is 1.72 bits per heavy atom. The Balaban J connectivity index is 2.01. The zero-order valence-electron chi connectivity index (χ0n) is 16.6. The van der Waals surface area contributed by atoms with Gasteiger partial charge in [0.1, 0.15) is 6.54 Å². The highest BCUT2D eigenvalue weighted by Gasteiger charge is 2.28. The van der Waals surface area contributed by atoms with Crippen molar-refractivity contribution in [2.75, 3.05) is 16.2 Å². The summed E-state index contributed by atoms with van der Waals surface area (Å²) in [4.78, 5) is 16.8. The molecule has 2 aromatic carbocycles. The molecule has 0 unspecified atom stereocenters. The number of benzene rings is 2. The molecule has 1 N–H and O–H groups in total. The molecule has 1 aromatic heterocycles. The molecule has 0 bridgehead atoms. The molecule has 0 spiro atoms. The fraction of sp³-hybridized carbons (Fsp3) is 0.182. The van der Waals surface area contributed by atoms with E-state index in [0.29, 0.717) is 11.4 Å². The van der Waals surface area contributed by atoms with E-state index in [1.54, 1.807) is 54.7 Å². The Morgan fingerprint density at radius 1 is 1.00 bits per heavy atom. The lowest BCUT2D eigenvalue weighted by molar-refractivity contribution is -0.114. The number of aromatic nitrogens is 1. The predicted molar refractivity (Wildman–Crippen MR) is 114 cm³/mol. The van der Waals surface area contributed by atoms with Gasteiger partial charge in [-0.15, -0.1) is 0 Å². The van der Waals surface area contributed by atoms with Crippen LogP contribution >= 0.6 is 0 Å². The smallest absolute Gasteiger partial charge is 0.264 e. The van der Waals surface area contributed by atoms with Crippen LogP contribution in [0, 0.1) is 20.8 Å². The minimum absolute atomic E-state index is 0.137. The maximum absolute atomic E-state index is 13.4. The van der Waals surface area contributed by atoms with Crippen molar-refractivity contribution in [3.63, 3.8) is 0 Å². The van der Waals surface area contributed by atoms with E-state index in [4.69, 9.17) is 0 Å². The van der Waals surface area contributed by atoms with E-state index < -0.39 is 15.9 Å². The third-order valence-electron chi connectivity index (χ3n) is 4.69. The van der Waals surface area contributed by atoms with E-state index in [1.807, 2.05) is 26.8 Å². The number of carbonyl (C=O) groups excluding carboxylic acids is 1. The fourth-order valence-corrected chi connectivity index (χ4v) is 4.39. The van der Waals surface area contributed by atoms with Gasteiger partial charge in [0.15, 0.2) is 0 Å². The van der Waals surface area contributed by atoms with Crippen molar-refractivity contribution < 1.29 is 13.2 Å². The Kier molecular flexibility index (Phi) is 5.98. The zero-order chi connectivity index (χ0) is 21.0. The molecule has 6 nitrogen and oxygen atoms in total. The number of rotatable bonds is 6. The van der Waals surface area contributed by atoms with Crippen LogP contribution in [0.25, 0.3) is 0 Å². The number of hydrogen-bond donors (Lipinski definition) is 1. The lowest BCUT2D eigenvalue weighted by Crippen LogP contribution is -2.38. The summed E-state index contributed by atoms with van der Waals surface area (Å²) in [5.74, 6) is -0.449. The molecule has 0 aliphatic heterocycles. The molecule has 1 amide bonds. The molecule has 0 saturated heterocycles.